The van der Waals surface area contributed by atoms with Crippen LogP contribution in [0, 0.1) is 5.92 Å². The van der Waals surface area contributed by atoms with E-state index in [2.05, 4.69) is 15.9 Å². The summed E-state index contributed by atoms with van der Waals surface area (Å²) < 4.78 is 0.684. The maximum atomic E-state index is 12.3. The second kappa shape index (κ2) is 5.61. The van der Waals surface area contributed by atoms with Gasteiger partial charge in [-0.05, 0) is 31.0 Å². The smallest absolute Gasteiger partial charge is 0.308 e. The summed E-state index contributed by atoms with van der Waals surface area (Å²) in [6, 6.07) is 4.66. The second-order valence-corrected chi connectivity index (χ2v) is 5.51. The van der Waals surface area contributed by atoms with Crippen LogP contribution in [0.15, 0.2) is 22.7 Å². The van der Waals surface area contributed by atoms with Crippen molar-refractivity contribution in [3.8, 4) is 5.75 Å². The molecular formula is C13H14BrNO4. The third-order valence-corrected chi connectivity index (χ3v) is 3.74. The highest BCUT2D eigenvalue weighted by Gasteiger charge is 2.29. The number of benzene rings is 1. The second-order valence-electron chi connectivity index (χ2n) is 4.59. The van der Waals surface area contributed by atoms with Crippen LogP contribution in [0.5, 0.6) is 5.75 Å². The number of carbonyl (C=O) groups is 2. The minimum Gasteiger partial charge on any atom is -0.507 e. The number of amides is 1. The van der Waals surface area contributed by atoms with E-state index in [-0.39, 0.29) is 23.8 Å². The summed E-state index contributed by atoms with van der Waals surface area (Å²) in [7, 11) is 0. The van der Waals surface area contributed by atoms with Crippen molar-refractivity contribution in [2.75, 3.05) is 13.1 Å². The van der Waals surface area contributed by atoms with E-state index >= 15 is 0 Å². The maximum absolute atomic E-state index is 12.3. The molecule has 1 unspecified atom stereocenters. The summed E-state index contributed by atoms with van der Waals surface area (Å²) in [6.45, 7) is 0.724. The molecule has 0 spiro atoms. The Morgan fingerprint density at radius 3 is 2.74 bits per heavy atom. The van der Waals surface area contributed by atoms with Gasteiger partial charge in [0.05, 0.1) is 11.5 Å². The number of nitrogens with zero attached hydrogens (tertiary/aromatic N) is 1. The van der Waals surface area contributed by atoms with Crippen molar-refractivity contribution < 1.29 is 19.8 Å². The van der Waals surface area contributed by atoms with Crippen molar-refractivity contribution in [3.05, 3.63) is 28.2 Å². The Balaban J connectivity index is 2.17. The number of rotatable bonds is 2. The molecule has 0 saturated carbocycles. The van der Waals surface area contributed by atoms with Crippen LogP contribution >= 0.6 is 15.9 Å². The molecule has 1 amide bonds. The van der Waals surface area contributed by atoms with Crippen LogP contribution in [-0.4, -0.2) is 40.1 Å². The van der Waals surface area contributed by atoms with Crippen LogP contribution in [0.4, 0.5) is 0 Å². The number of carboxylic acid groups (broad SMARTS) is 1. The molecule has 0 aromatic heterocycles. The number of aromatic hydroxyl groups is 1. The molecule has 1 aromatic rings. The molecule has 0 bridgehead atoms. The average molecular weight is 328 g/mol. The quantitative estimate of drug-likeness (QED) is 0.871. The number of phenolic OH excluding ortho intramolecular Hbond substituents is 1. The molecule has 1 aromatic carbocycles. The fraction of sp³-hybridized carbons (Fsp3) is 0.385. The van der Waals surface area contributed by atoms with E-state index < -0.39 is 11.9 Å². The zero-order valence-corrected chi connectivity index (χ0v) is 11.8. The molecule has 6 heteroatoms. The fourth-order valence-electron chi connectivity index (χ4n) is 2.22. The summed E-state index contributed by atoms with van der Waals surface area (Å²) in [4.78, 5) is 24.7. The Labute approximate surface area is 119 Å². The van der Waals surface area contributed by atoms with Crippen molar-refractivity contribution in [2.24, 2.45) is 5.92 Å². The number of hydrogen-bond donors (Lipinski definition) is 2. The third kappa shape index (κ3) is 3.07. The van der Waals surface area contributed by atoms with Crippen molar-refractivity contribution in [3.63, 3.8) is 0 Å². The van der Waals surface area contributed by atoms with Crippen LogP contribution in [0.2, 0.25) is 0 Å². The molecule has 0 radical (unpaired) electrons. The summed E-state index contributed by atoms with van der Waals surface area (Å²) in [6.07, 6.45) is 1.26. The number of halogens is 1. The summed E-state index contributed by atoms with van der Waals surface area (Å²) in [5.41, 5.74) is 0.203. The molecule has 1 fully saturated rings. The average Bonchev–Trinajstić information content (AvgIpc) is 2.38. The van der Waals surface area contributed by atoms with Crippen LogP contribution in [-0.2, 0) is 4.79 Å². The highest BCUT2D eigenvalue weighted by Crippen LogP contribution is 2.25. The highest BCUT2D eigenvalue weighted by molar-refractivity contribution is 9.10. The molecule has 19 heavy (non-hydrogen) atoms. The van der Waals surface area contributed by atoms with Gasteiger partial charge in [-0.2, -0.15) is 0 Å². The Bertz CT molecular complexity index is 517. The van der Waals surface area contributed by atoms with Crippen molar-refractivity contribution in [1.82, 2.24) is 4.90 Å². The molecule has 1 heterocycles. The molecule has 2 N–H and O–H groups in total. The Hall–Kier alpha value is -1.56. The Morgan fingerprint density at radius 2 is 2.11 bits per heavy atom. The normalized spacial score (nSPS) is 19.2. The van der Waals surface area contributed by atoms with Gasteiger partial charge >= 0.3 is 5.97 Å². The lowest BCUT2D eigenvalue weighted by Gasteiger charge is -2.30. The van der Waals surface area contributed by atoms with Gasteiger partial charge in [0, 0.05) is 17.6 Å². The molecule has 0 aliphatic carbocycles. The molecule has 1 saturated heterocycles. The molecule has 1 atom stereocenters. The van der Waals surface area contributed by atoms with Gasteiger partial charge in [0.1, 0.15) is 5.75 Å². The lowest BCUT2D eigenvalue weighted by Crippen LogP contribution is -2.42. The number of carbonyl (C=O) groups excluding carboxylic acids is 1. The van der Waals surface area contributed by atoms with E-state index in [9.17, 15) is 14.7 Å². The molecule has 2 rings (SSSR count). The zero-order valence-electron chi connectivity index (χ0n) is 10.2. The molecular weight excluding hydrogens is 314 g/mol. The van der Waals surface area contributed by atoms with E-state index in [1.807, 2.05) is 0 Å². The largest absolute Gasteiger partial charge is 0.507 e. The Kier molecular flexibility index (Phi) is 4.09. The predicted molar refractivity (Wildman–Crippen MR) is 72.1 cm³/mol. The lowest BCUT2D eigenvalue weighted by molar-refractivity contribution is -0.143. The number of piperidine rings is 1. The van der Waals surface area contributed by atoms with E-state index in [4.69, 9.17) is 5.11 Å². The van der Waals surface area contributed by atoms with Gasteiger partial charge in [0.15, 0.2) is 0 Å². The van der Waals surface area contributed by atoms with E-state index in [1.165, 1.54) is 17.0 Å². The first-order chi connectivity index (χ1) is 8.99. The fourth-order valence-corrected chi connectivity index (χ4v) is 2.57. The third-order valence-electron chi connectivity index (χ3n) is 3.25. The first kappa shape index (κ1) is 13.9. The van der Waals surface area contributed by atoms with Gasteiger partial charge in [-0.3, -0.25) is 9.59 Å². The van der Waals surface area contributed by atoms with Crippen LogP contribution in [0.25, 0.3) is 0 Å². The van der Waals surface area contributed by atoms with Gasteiger partial charge in [-0.15, -0.1) is 0 Å². The van der Waals surface area contributed by atoms with E-state index in [1.54, 1.807) is 6.07 Å². The molecule has 102 valence electrons. The number of phenols is 1. The monoisotopic (exact) mass is 327 g/mol. The van der Waals surface area contributed by atoms with Crippen LogP contribution in [0.1, 0.15) is 23.2 Å². The lowest BCUT2D eigenvalue weighted by atomic mass is 9.97. The van der Waals surface area contributed by atoms with E-state index in [0.717, 1.165) is 0 Å². The minimum absolute atomic E-state index is 0.100. The number of carboxylic acids is 1. The standard InChI is InChI=1S/C13H14BrNO4/c14-9-3-4-10(11(16)6-9)12(17)15-5-1-2-8(7-15)13(18)19/h3-4,6,8,16H,1-2,5,7H2,(H,18,19). The Morgan fingerprint density at radius 1 is 1.37 bits per heavy atom. The van der Waals surface area contributed by atoms with Crippen molar-refractivity contribution >= 4 is 27.8 Å². The van der Waals surface area contributed by atoms with Crippen molar-refractivity contribution in [1.29, 1.82) is 0 Å². The number of aliphatic carboxylic acids is 1. The zero-order chi connectivity index (χ0) is 14.0. The summed E-state index contributed by atoms with van der Waals surface area (Å²) >= 11 is 3.21. The van der Waals surface area contributed by atoms with Gasteiger partial charge in [-0.25, -0.2) is 0 Å². The predicted octanol–water partition coefficient (Wildman–Crippen LogP) is 2.09. The maximum Gasteiger partial charge on any atom is 0.308 e. The van der Waals surface area contributed by atoms with Crippen molar-refractivity contribution in [2.45, 2.75) is 12.8 Å². The van der Waals surface area contributed by atoms with Crippen LogP contribution in [0.3, 0.4) is 0 Å². The minimum atomic E-state index is -0.877. The van der Waals surface area contributed by atoms with Gasteiger partial charge in [-0.1, -0.05) is 15.9 Å². The topological polar surface area (TPSA) is 77.8 Å². The van der Waals surface area contributed by atoms with Gasteiger partial charge in [0.25, 0.3) is 5.91 Å². The van der Waals surface area contributed by atoms with Crippen LogP contribution < -0.4 is 0 Å². The first-order valence-corrected chi connectivity index (χ1v) is 6.79. The SMILES string of the molecule is O=C(O)C1CCCN(C(=O)c2ccc(Br)cc2O)C1. The van der Waals surface area contributed by atoms with E-state index in [0.29, 0.717) is 23.9 Å². The molecule has 1 aliphatic heterocycles. The van der Waals surface area contributed by atoms with Gasteiger partial charge in [0.2, 0.25) is 0 Å². The number of likely N-dealkylation sites (tertiary alicyclic amines) is 1. The first-order valence-electron chi connectivity index (χ1n) is 5.99. The summed E-state index contributed by atoms with van der Waals surface area (Å²) in [5.74, 6) is -1.82. The summed E-state index contributed by atoms with van der Waals surface area (Å²) in [5, 5.41) is 18.8. The van der Waals surface area contributed by atoms with Gasteiger partial charge < -0.3 is 15.1 Å². The molecule has 5 nitrogen and oxygen atoms in total. The molecule has 1 aliphatic rings. The number of hydrogen-bond acceptors (Lipinski definition) is 3. The highest BCUT2D eigenvalue weighted by atomic mass is 79.9.